The van der Waals surface area contributed by atoms with Crippen LogP contribution in [0.4, 0.5) is 0 Å². The summed E-state index contributed by atoms with van der Waals surface area (Å²) in [6.07, 6.45) is 16.5. The summed E-state index contributed by atoms with van der Waals surface area (Å²) < 4.78 is 27.2. The first-order valence-corrected chi connectivity index (χ1v) is 22.6. The summed E-state index contributed by atoms with van der Waals surface area (Å²) in [6, 6.07) is 5.47. The third-order valence-corrected chi connectivity index (χ3v) is 9.73. The lowest BCUT2D eigenvalue weighted by molar-refractivity contribution is -0.142. The first-order chi connectivity index (χ1) is 29.1. The van der Waals surface area contributed by atoms with E-state index in [0.29, 0.717) is 77.4 Å². The van der Waals surface area contributed by atoms with Crippen LogP contribution < -0.4 is 20.7 Å². The van der Waals surface area contributed by atoms with Crippen molar-refractivity contribution in [2.24, 2.45) is 0 Å². The first-order valence-electron chi connectivity index (χ1n) is 21.5. The molecular formula is C43H70BrN3O13. The lowest BCUT2D eigenvalue weighted by atomic mass is 10.0. The molecule has 0 aliphatic heterocycles. The quantitative estimate of drug-likeness (QED) is 0.0397. The number of rotatable bonds is 42. The number of alkyl halides is 1. The number of carboxylic acid groups (broad SMARTS) is 2. The predicted molar refractivity (Wildman–Crippen MR) is 230 cm³/mol. The third kappa shape index (κ3) is 33.1. The molecule has 1 rings (SSSR count). The van der Waals surface area contributed by atoms with Crippen molar-refractivity contribution in [2.75, 3.05) is 77.9 Å². The number of carboxylic acids is 2. The summed E-state index contributed by atoms with van der Waals surface area (Å²) in [7, 11) is 0. The van der Waals surface area contributed by atoms with Crippen LogP contribution in [0.15, 0.2) is 24.3 Å². The van der Waals surface area contributed by atoms with Gasteiger partial charge in [-0.3, -0.25) is 19.2 Å². The molecule has 0 radical (unpaired) electrons. The Bertz CT molecular complexity index is 1320. The molecule has 5 N–H and O–H groups in total. The van der Waals surface area contributed by atoms with Gasteiger partial charge in [-0.2, -0.15) is 0 Å². The van der Waals surface area contributed by atoms with E-state index in [0.717, 1.165) is 32.1 Å². The molecule has 0 saturated heterocycles. The number of hydrogen-bond acceptors (Lipinski definition) is 11. The molecule has 1 atom stereocenters. The Morgan fingerprint density at radius 3 is 1.72 bits per heavy atom. The largest absolute Gasteiger partial charge is 0.494 e. The highest BCUT2D eigenvalue weighted by molar-refractivity contribution is 9.09. The number of Topliss-reactive ketones (excluding diaryl/α,β-unsaturated/α-hetero) is 1. The Labute approximate surface area is 364 Å². The monoisotopic (exact) mass is 915 g/mol. The van der Waals surface area contributed by atoms with Gasteiger partial charge in [0.05, 0.1) is 50.5 Å². The van der Waals surface area contributed by atoms with E-state index in [4.69, 9.17) is 28.8 Å². The molecule has 1 aromatic rings. The van der Waals surface area contributed by atoms with Gasteiger partial charge in [0.1, 0.15) is 25.0 Å². The first kappa shape index (κ1) is 54.4. The lowest BCUT2D eigenvalue weighted by Crippen LogP contribution is -2.42. The zero-order valence-electron chi connectivity index (χ0n) is 35.4. The van der Waals surface area contributed by atoms with Crippen LogP contribution in [0.1, 0.15) is 126 Å². The number of nitrogens with one attached hydrogen (secondary N) is 3. The number of carbonyl (C=O) groups is 6. The molecule has 342 valence electrons. The number of amides is 3. The van der Waals surface area contributed by atoms with E-state index in [1.54, 1.807) is 24.3 Å². The van der Waals surface area contributed by atoms with Gasteiger partial charge in [0.15, 0.2) is 5.78 Å². The summed E-state index contributed by atoms with van der Waals surface area (Å²) in [5, 5.41) is 26.5. The van der Waals surface area contributed by atoms with Gasteiger partial charge in [0, 0.05) is 32.5 Å². The molecule has 0 aliphatic rings. The standard InChI is InChI=1S/C43H70BrN3O13/c44-32-40(50)45-23-13-12-17-38(43(54)55)47-41(51)34-59-31-28-56-25-15-16-36(48)33-58-30-29-57-27-24-46-39(49)18-11-9-7-5-3-1-2-4-6-8-10-14-26-60-37-21-19-35(20-22-37)42(52)53/h19-22,38H,1-18,23-34H2,(H,45,50)(H,46,49)(H,47,51)(H,52,53)(H,54,55). The van der Waals surface area contributed by atoms with Crippen molar-refractivity contribution in [1.82, 2.24) is 16.0 Å². The second kappa shape index (κ2) is 38.3. The van der Waals surface area contributed by atoms with Crippen LogP contribution in [-0.4, -0.2) is 130 Å². The molecule has 1 unspecified atom stereocenters. The molecule has 0 spiro atoms. The Morgan fingerprint density at radius 1 is 0.533 bits per heavy atom. The third-order valence-electron chi connectivity index (χ3n) is 9.22. The van der Waals surface area contributed by atoms with Crippen molar-refractivity contribution >= 4 is 51.4 Å². The van der Waals surface area contributed by atoms with Crippen LogP contribution in [-0.2, 0) is 42.9 Å². The van der Waals surface area contributed by atoms with E-state index in [2.05, 4.69) is 31.9 Å². The maximum atomic E-state index is 12.1. The molecular weight excluding hydrogens is 846 g/mol. The van der Waals surface area contributed by atoms with Crippen LogP contribution >= 0.6 is 15.9 Å². The zero-order valence-corrected chi connectivity index (χ0v) is 36.9. The second-order valence-corrected chi connectivity index (χ2v) is 15.0. The molecule has 0 aliphatic carbocycles. The van der Waals surface area contributed by atoms with Gasteiger partial charge in [-0.1, -0.05) is 80.1 Å². The van der Waals surface area contributed by atoms with Gasteiger partial charge in [-0.15, -0.1) is 0 Å². The van der Waals surface area contributed by atoms with Crippen molar-refractivity contribution in [1.29, 1.82) is 0 Å². The Morgan fingerprint density at radius 2 is 1.10 bits per heavy atom. The normalized spacial score (nSPS) is 11.5. The van der Waals surface area contributed by atoms with Crippen molar-refractivity contribution in [3.8, 4) is 5.75 Å². The Balaban J connectivity index is 1.81. The number of benzene rings is 1. The van der Waals surface area contributed by atoms with E-state index >= 15 is 0 Å². The molecule has 16 nitrogen and oxygen atoms in total. The van der Waals surface area contributed by atoms with E-state index in [-0.39, 0.29) is 67.9 Å². The fourth-order valence-corrected chi connectivity index (χ4v) is 6.06. The Hall–Kier alpha value is -3.64. The number of ether oxygens (including phenoxy) is 5. The van der Waals surface area contributed by atoms with Gasteiger partial charge in [0.25, 0.3) is 0 Å². The van der Waals surface area contributed by atoms with E-state index < -0.39 is 23.9 Å². The lowest BCUT2D eigenvalue weighted by Gasteiger charge is -2.14. The molecule has 0 fully saturated rings. The van der Waals surface area contributed by atoms with Crippen LogP contribution in [0.2, 0.25) is 0 Å². The van der Waals surface area contributed by atoms with E-state index in [1.807, 2.05) is 0 Å². The van der Waals surface area contributed by atoms with Gasteiger partial charge in [0.2, 0.25) is 17.7 Å². The minimum Gasteiger partial charge on any atom is -0.494 e. The maximum Gasteiger partial charge on any atom is 0.335 e. The van der Waals surface area contributed by atoms with Gasteiger partial charge in [-0.25, -0.2) is 9.59 Å². The molecule has 0 saturated carbocycles. The van der Waals surface area contributed by atoms with Crippen LogP contribution in [0.25, 0.3) is 0 Å². The number of ketones is 1. The summed E-state index contributed by atoms with van der Waals surface area (Å²) >= 11 is 3.05. The summed E-state index contributed by atoms with van der Waals surface area (Å²) in [4.78, 5) is 69.6. The molecule has 0 heterocycles. The number of halogens is 1. The van der Waals surface area contributed by atoms with Gasteiger partial charge in [-0.05, 0) is 62.8 Å². The molecule has 0 aromatic heterocycles. The molecule has 1 aromatic carbocycles. The van der Waals surface area contributed by atoms with Crippen LogP contribution in [0.3, 0.4) is 0 Å². The molecule has 60 heavy (non-hydrogen) atoms. The molecule has 0 bridgehead atoms. The molecule has 3 amide bonds. The minimum absolute atomic E-state index is 0.0148. The van der Waals surface area contributed by atoms with Crippen LogP contribution in [0.5, 0.6) is 5.75 Å². The highest BCUT2D eigenvalue weighted by Crippen LogP contribution is 2.15. The van der Waals surface area contributed by atoms with Crippen molar-refractivity contribution in [3.63, 3.8) is 0 Å². The number of aliphatic carboxylic acids is 1. The highest BCUT2D eigenvalue weighted by Gasteiger charge is 2.19. The summed E-state index contributed by atoms with van der Waals surface area (Å²) in [5.74, 6) is -2.07. The van der Waals surface area contributed by atoms with E-state index in [9.17, 15) is 33.9 Å². The topological polar surface area (TPSA) is 225 Å². The van der Waals surface area contributed by atoms with Crippen LogP contribution in [0, 0.1) is 0 Å². The predicted octanol–water partition coefficient (Wildman–Crippen LogP) is 5.62. The summed E-state index contributed by atoms with van der Waals surface area (Å²) in [6.45, 7) is 2.88. The zero-order chi connectivity index (χ0) is 43.9. The highest BCUT2D eigenvalue weighted by atomic mass is 79.9. The fraction of sp³-hybridized carbons (Fsp3) is 0.721. The Kier molecular flexibility index (Phi) is 34.7. The van der Waals surface area contributed by atoms with Crippen molar-refractivity contribution in [3.05, 3.63) is 29.8 Å². The SMILES string of the molecule is O=C(CCCOCCOCC(=O)NC(CCCCNC(=O)CBr)C(=O)O)COCCOCCNC(=O)CCCCCCCCCCCCCCOc1ccc(C(=O)O)cc1. The van der Waals surface area contributed by atoms with Gasteiger partial charge < -0.3 is 49.8 Å². The average Bonchev–Trinajstić information content (AvgIpc) is 3.23. The van der Waals surface area contributed by atoms with Crippen molar-refractivity contribution in [2.45, 2.75) is 122 Å². The molecule has 17 heteroatoms. The van der Waals surface area contributed by atoms with Gasteiger partial charge >= 0.3 is 11.9 Å². The maximum absolute atomic E-state index is 12.1. The number of carbonyl (C=O) groups excluding carboxylic acids is 4. The smallest absolute Gasteiger partial charge is 0.335 e. The number of aromatic carboxylic acids is 1. The van der Waals surface area contributed by atoms with Crippen molar-refractivity contribution < 1.29 is 62.7 Å². The average molecular weight is 917 g/mol. The minimum atomic E-state index is -1.14. The number of hydrogen-bond donors (Lipinski definition) is 5. The second-order valence-electron chi connectivity index (χ2n) is 14.4. The summed E-state index contributed by atoms with van der Waals surface area (Å²) in [5.41, 5.74) is 0.262. The number of unbranched alkanes of at least 4 members (excludes halogenated alkanes) is 12. The fourth-order valence-electron chi connectivity index (χ4n) is 5.87. The van der Waals surface area contributed by atoms with E-state index in [1.165, 1.54) is 44.9 Å².